The van der Waals surface area contributed by atoms with Gasteiger partial charge in [0, 0.05) is 25.6 Å². The number of hydrogen-bond acceptors (Lipinski definition) is 4. The monoisotopic (exact) mass is 227 g/mol. The van der Waals surface area contributed by atoms with Gasteiger partial charge >= 0.3 is 6.03 Å². The van der Waals surface area contributed by atoms with Crippen LogP contribution in [0.5, 0.6) is 0 Å². The highest BCUT2D eigenvalue weighted by atomic mass is 16.3. The average Bonchev–Trinajstić information content (AvgIpc) is 2.48. The Balaban J connectivity index is 1.84. The second-order valence-electron chi connectivity index (χ2n) is 3.99. The molecule has 7 nitrogen and oxygen atoms in total. The summed E-state index contributed by atoms with van der Waals surface area (Å²) < 4.78 is 0. The number of carbonyl (C=O) groups excluding carboxylic acids is 3. The van der Waals surface area contributed by atoms with Crippen LogP contribution >= 0.6 is 0 Å². The molecule has 2 N–H and O–H groups in total. The fraction of sp³-hybridized carbons (Fsp3) is 0.667. The summed E-state index contributed by atoms with van der Waals surface area (Å²) in [6.07, 6.45) is 0. The zero-order valence-corrected chi connectivity index (χ0v) is 8.68. The van der Waals surface area contributed by atoms with E-state index < -0.39 is 6.03 Å². The summed E-state index contributed by atoms with van der Waals surface area (Å²) in [5.74, 6) is -0.500. The molecule has 2 saturated heterocycles. The highest BCUT2D eigenvalue weighted by molar-refractivity contribution is 6.04. The Morgan fingerprint density at radius 1 is 1.44 bits per heavy atom. The minimum atomic E-state index is -0.516. The lowest BCUT2D eigenvalue weighted by Crippen LogP contribution is -2.54. The molecule has 0 atom stereocenters. The van der Waals surface area contributed by atoms with Crippen molar-refractivity contribution in [3.8, 4) is 0 Å². The third kappa shape index (κ3) is 1.85. The van der Waals surface area contributed by atoms with E-state index in [1.807, 2.05) is 0 Å². The Bertz CT molecular complexity index is 322. The molecule has 0 bridgehead atoms. The number of carbonyl (C=O) groups is 3. The van der Waals surface area contributed by atoms with Gasteiger partial charge in [0.2, 0.25) is 5.91 Å². The quantitative estimate of drug-likeness (QED) is 0.545. The Hall–Kier alpha value is -1.63. The molecule has 0 aromatic heterocycles. The largest absolute Gasteiger partial charge is 0.396 e. The lowest BCUT2D eigenvalue weighted by Gasteiger charge is -2.38. The number of aliphatic hydroxyl groups is 1. The first kappa shape index (κ1) is 10.9. The van der Waals surface area contributed by atoms with Crippen molar-refractivity contribution >= 4 is 17.8 Å². The molecule has 0 aliphatic carbocycles. The van der Waals surface area contributed by atoms with Gasteiger partial charge in [-0.25, -0.2) is 4.79 Å². The van der Waals surface area contributed by atoms with E-state index in [0.717, 1.165) is 4.90 Å². The molecular weight excluding hydrogens is 214 g/mol. The predicted octanol–water partition coefficient (Wildman–Crippen LogP) is -2.01. The van der Waals surface area contributed by atoms with Crippen LogP contribution in [-0.4, -0.2) is 65.5 Å². The van der Waals surface area contributed by atoms with Crippen LogP contribution < -0.4 is 5.32 Å². The molecule has 2 heterocycles. The highest BCUT2D eigenvalue weighted by Gasteiger charge is 2.35. The number of amides is 4. The first-order chi connectivity index (χ1) is 7.61. The lowest BCUT2D eigenvalue weighted by atomic mass is 10.0. The molecule has 88 valence electrons. The van der Waals surface area contributed by atoms with Gasteiger partial charge in [0.25, 0.3) is 5.91 Å². The summed E-state index contributed by atoms with van der Waals surface area (Å²) in [4.78, 5) is 36.4. The number of rotatable bonds is 3. The molecule has 0 aromatic rings. The third-order valence-corrected chi connectivity index (χ3v) is 2.80. The van der Waals surface area contributed by atoms with Crippen LogP contribution in [0.3, 0.4) is 0 Å². The van der Waals surface area contributed by atoms with Crippen molar-refractivity contribution in [3.63, 3.8) is 0 Å². The summed E-state index contributed by atoms with van der Waals surface area (Å²) in [5, 5.41) is 11.1. The van der Waals surface area contributed by atoms with Crippen molar-refractivity contribution in [2.75, 3.05) is 32.8 Å². The van der Waals surface area contributed by atoms with E-state index in [9.17, 15) is 14.4 Å². The summed E-state index contributed by atoms with van der Waals surface area (Å²) in [7, 11) is 0. The normalized spacial score (nSPS) is 21.1. The number of hydrogen-bond donors (Lipinski definition) is 2. The molecule has 2 rings (SSSR count). The summed E-state index contributed by atoms with van der Waals surface area (Å²) >= 11 is 0. The van der Waals surface area contributed by atoms with Crippen LogP contribution in [0.25, 0.3) is 0 Å². The van der Waals surface area contributed by atoms with Gasteiger partial charge in [-0.05, 0) is 0 Å². The first-order valence-electron chi connectivity index (χ1n) is 5.08. The van der Waals surface area contributed by atoms with Gasteiger partial charge in [-0.1, -0.05) is 0 Å². The van der Waals surface area contributed by atoms with Crippen LogP contribution in [0.2, 0.25) is 0 Å². The number of imide groups is 1. The van der Waals surface area contributed by atoms with E-state index in [0.29, 0.717) is 13.1 Å². The SMILES string of the molecule is O=C(CN1C(=O)CNC1=O)N1CC(CO)C1. The number of aliphatic hydroxyl groups excluding tert-OH is 1. The molecule has 0 spiro atoms. The molecule has 16 heavy (non-hydrogen) atoms. The molecule has 0 aromatic carbocycles. The second kappa shape index (κ2) is 4.09. The average molecular weight is 227 g/mol. The van der Waals surface area contributed by atoms with Crippen LogP contribution in [0.1, 0.15) is 0 Å². The molecule has 4 amide bonds. The highest BCUT2D eigenvalue weighted by Crippen LogP contribution is 2.15. The van der Waals surface area contributed by atoms with Crippen molar-refractivity contribution in [1.82, 2.24) is 15.1 Å². The van der Waals surface area contributed by atoms with Crippen molar-refractivity contribution in [2.24, 2.45) is 5.92 Å². The van der Waals surface area contributed by atoms with E-state index in [1.165, 1.54) is 4.90 Å². The summed E-state index contributed by atoms with van der Waals surface area (Å²) in [5.41, 5.74) is 0. The second-order valence-corrected chi connectivity index (χ2v) is 3.99. The Morgan fingerprint density at radius 2 is 2.12 bits per heavy atom. The Labute approximate surface area is 92.0 Å². The standard InChI is InChI=1S/C9H13N3O4/c13-5-6-2-11(3-6)8(15)4-12-7(14)1-10-9(12)16/h6,13H,1-5H2,(H,10,16). The minimum Gasteiger partial charge on any atom is -0.396 e. The fourth-order valence-electron chi connectivity index (χ4n) is 1.74. The summed E-state index contributed by atoms with van der Waals surface area (Å²) in [6, 6.07) is -0.516. The molecule has 2 aliphatic heterocycles. The molecule has 2 aliphatic rings. The summed E-state index contributed by atoms with van der Waals surface area (Å²) in [6.45, 7) is 0.819. The van der Waals surface area contributed by atoms with Crippen molar-refractivity contribution in [1.29, 1.82) is 0 Å². The zero-order valence-electron chi connectivity index (χ0n) is 8.68. The number of nitrogens with one attached hydrogen (secondary N) is 1. The minimum absolute atomic E-state index is 0.0363. The third-order valence-electron chi connectivity index (χ3n) is 2.80. The molecule has 7 heteroatoms. The van der Waals surface area contributed by atoms with E-state index >= 15 is 0 Å². The van der Waals surface area contributed by atoms with Crippen molar-refractivity contribution in [3.05, 3.63) is 0 Å². The maximum atomic E-state index is 11.6. The van der Waals surface area contributed by atoms with Crippen LogP contribution in [0, 0.1) is 5.92 Å². The van der Waals surface area contributed by atoms with Gasteiger partial charge in [0.15, 0.2) is 0 Å². The van der Waals surface area contributed by atoms with Crippen molar-refractivity contribution < 1.29 is 19.5 Å². The maximum Gasteiger partial charge on any atom is 0.325 e. The zero-order chi connectivity index (χ0) is 11.7. The smallest absolute Gasteiger partial charge is 0.325 e. The van der Waals surface area contributed by atoms with E-state index in [2.05, 4.69) is 5.32 Å². The van der Waals surface area contributed by atoms with Gasteiger partial charge in [0.05, 0.1) is 6.54 Å². The Kier molecular flexibility index (Phi) is 2.78. The lowest BCUT2D eigenvalue weighted by molar-refractivity contribution is -0.142. The Morgan fingerprint density at radius 3 is 2.62 bits per heavy atom. The molecule has 0 unspecified atom stereocenters. The number of urea groups is 1. The fourth-order valence-corrected chi connectivity index (χ4v) is 1.74. The van der Waals surface area contributed by atoms with E-state index in [-0.39, 0.29) is 37.4 Å². The van der Waals surface area contributed by atoms with Gasteiger partial charge in [-0.2, -0.15) is 0 Å². The van der Waals surface area contributed by atoms with Crippen LogP contribution in [0.4, 0.5) is 4.79 Å². The maximum absolute atomic E-state index is 11.6. The molecular formula is C9H13N3O4. The number of nitrogens with zero attached hydrogens (tertiary/aromatic N) is 2. The van der Waals surface area contributed by atoms with Crippen LogP contribution in [-0.2, 0) is 9.59 Å². The molecule has 0 saturated carbocycles. The molecule has 2 fully saturated rings. The van der Waals surface area contributed by atoms with Crippen LogP contribution in [0.15, 0.2) is 0 Å². The van der Waals surface area contributed by atoms with E-state index in [4.69, 9.17) is 5.11 Å². The van der Waals surface area contributed by atoms with Crippen molar-refractivity contribution in [2.45, 2.75) is 0 Å². The molecule has 0 radical (unpaired) electrons. The van der Waals surface area contributed by atoms with Gasteiger partial charge in [-0.15, -0.1) is 0 Å². The number of likely N-dealkylation sites (tertiary alicyclic amines) is 1. The topological polar surface area (TPSA) is 90.0 Å². The van der Waals surface area contributed by atoms with Gasteiger partial charge in [-0.3, -0.25) is 14.5 Å². The van der Waals surface area contributed by atoms with Gasteiger partial charge in [0.1, 0.15) is 6.54 Å². The van der Waals surface area contributed by atoms with E-state index in [1.54, 1.807) is 0 Å². The predicted molar refractivity (Wildman–Crippen MR) is 52.3 cm³/mol. The van der Waals surface area contributed by atoms with Gasteiger partial charge < -0.3 is 15.3 Å². The first-order valence-corrected chi connectivity index (χ1v) is 5.08.